The van der Waals surface area contributed by atoms with Gasteiger partial charge in [0.2, 0.25) is 0 Å². The lowest BCUT2D eigenvalue weighted by Gasteiger charge is -2.37. The van der Waals surface area contributed by atoms with Crippen molar-refractivity contribution < 1.29 is 9.53 Å². The summed E-state index contributed by atoms with van der Waals surface area (Å²) in [7, 11) is 0. The highest BCUT2D eigenvalue weighted by Crippen LogP contribution is 2.35. The molecule has 0 amide bonds. The first-order valence-electron chi connectivity index (χ1n) is 7.87. The summed E-state index contributed by atoms with van der Waals surface area (Å²) in [6.45, 7) is 6.94. The Morgan fingerprint density at radius 3 is 2.57 bits per heavy atom. The molecule has 0 N–H and O–H groups in total. The van der Waals surface area contributed by atoms with Gasteiger partial charge in [0.15, 0.2) is 5.78 Å². The van der Waals surface area contributed by atoms with Gasteiger partial charge in [0.25, 0.3) is 0 Å². The monoisotopic (exact) mass is 308 g/mol. The highest BCUT2D eigenvalue weighted by Gasteiger charge is 2.31. The van der Waals surface area contributed by atoms with Gasteiger partial charge < -0.3 is 4.74 Å². The van der Waals surface area contributed by atoms with Gasteiger partial charge in [-0.2, -0.15) is 0 Å². The molecule has 2 nitrogen and oxygen atoms in total. The highest BCUT2D eigenvalue weighted by atomic mass is 35.5. The average molecular weight is 309 g/mol. The van der Waals surface area contributed by atoms with Crippen molar-refractivity contribution in [1.82, 2.24) is 0 Å². The predicted molar refractivity (Wildman–Crippen MR) is 86.9 cm³/mol. The molecule has 1 aromatic carbocycles. The third-order valence-electron chi connectivity index (χ3n) is 4.56. The Hall–Kier alpha value is -0.860. The number of hydrogen-bond donors (Lipinski definition) is 0. The minimum atomic E-state index is 0.0346. The van der Waals surface area contributed by atoms with E-state index < -0.39 is 0 Å². The lowest BCUT2D eigenvalue weighted by atomic mass is 9.75. The van der Waals surface area contributed by atoms with Crippen LogP contribution in [0.4, 0.5) is 0 Å². The van der Waals surface area contributed by atoms with E-state index in [0.29, 0.717) is 28.3 Å². The molecular formula is C18H25ClO2. The number of ketones is 1. The molecule has 0 radical (unpaired) electrons. The standard InChI is InChI=1S/C18H25ClO2/c1-12(2)16-9-4-13(3)10-18(16)21-11-17(20)14-5-7-15(19)8-6-14/h5-8,12-13,16,18H,4,9-11H2,1-3H3. The van der Waals surface area contributed by atoms with E-state index in [4.69, 9.17) is 16.3 Å². The van der Waals surface area contributed by atoms with Crippen molar-refractivity contribution in [2.45, 2.75) is 46.1 Å². The van der Waals surface area contributed by atoms with E-state index in [1.807, 2.05) is 0 Å². The second kappa shape index (κ2) is 7.42. The van der Waals surface area contributed by atoms with Crippen molar-refractivity contribution in [3.63, 3.8) is 0 Å². The molecule has 1 aliphatic rings. The van der Waals surface area contributed by atoms with Crippen LogP contribution in [-0.2, 0) is 4.74 Å². The van der Waals surface area contributed by atoms with Crippen molar-refractivity contribution in [2.75, 3.05) is 6.61 Å². The summed E-state index contributed by atoms with van der Waals surface area (Å²) in [5.74, 6) is 1.90. The number of rotatable bonds is 5. The van der Waals surface area contributed by atoms with Crippen molar-refractivity contribution >= 4 is 17.4 Å². The summed E-state index contributed by atoms with van der Waals surface area (Å²) in [6, 6.07) is 7.01. The fourth-order valence-electron chi connectivity index (χ4n) is 3.21. The molecule has 2 rings (SSSR count). The van der Waals surface area contributed by atoms with Crippen LogP contribution in [0.1, 0.15) is 50.4 Å². The van der Waals surface area contributed by atoms with Gasteiger partial charge in [0.05, 0.1) is 6.10 Å². The van der Waals surface area contributed by atoms with E-state index in [0.717, 1.165) is 6.42 Å². The largest absolute Gasteiger partial charge is 0.370 e. The van der Waals surface area contributed by atoms with E-state index in [9.17, 15) is 4.79 Å². The summed E-state index contributed by atoms with van der Waals surface area (Å²) in [6.07, 6.45) is 3.76. The summed E-state index contributed by atoms with van der Waals surface area (Å²) < 4.78 is 5.99. The first kappa shape index (κ1) is 16.5. The van der Waals surface area contributed by atoms with Crippen LogP contribution in [0.3, 0.4) is 0 Å². The minimum absolute atomic E-state index is 0.0346. The lowest BCUT2D eigenvalue weighted by molar-refractivity contribution is -0.0309. The number of carbonyl (C=O) groups is 1. The fourth-order valence-corrected chi connectivity index (χ4v) is 3.33. The first-order chi connectivity index (χ1) is 9.97. The van der Waals surface area contributed by atoms with Gasteiger partial charge in [-0.3, -0.25) is 4.79 Å². The average Bonchev–Trinajstić information content (AvgIpc) is 2.45. The van der Waals surface area contributed by atoms with Crippen LogP contribution in [0.5, 0.6) is 0 Å². The van der Waals surface area contributed by atoms with Crippen molar-refractivity contribution in [1.29, 1.82) is 0 Å². The molecule has 21 heavy (non-hydrogen) atoms. The summed E-state index contributed by atoms with van der Waals surface area (Å²) >= 11 is 5.84. The van der Waals surface area contributed by atoms with Crippen LogP contribution in [0, 0.1) is 17.8 Å². The first-order valence-corrected chi connectivity index (χ1v) is 8.25. The quantitative estimate of drug-likeness (QED) is 0.715. The minimum Gasteiger partial charge on any atom is -0.370 e. The third kappa shape index (κ3) is 4.55. The fraction of sp³-hybridized carbons (Fsp3) is 0.611. The Morgan fingerprint density at radius 2 is 1.95 bits per heavy atom. The molecule has 1 aliphatic carbocycles. The van der Waals surface area contributed by atoms with E-state index >= 15 is 0 Å². The SMILES string of the molecule is CC1CCC(C(C)C)C(OCC(=O)c2ccc(Cl)cc2)C1. The Morgan fingerprint density at radius 1 is 1.29 bits per heavy atom. The Balaban J connectivity index is 1.93. The van der Waals surface area contributed by atoms with Gasteiger partial charge in [0, 0.05) is 10.6 Å². The predicted octanol–water partition coefficient (Wildman–Crippen LogP) is 5.00. The van der Waals surface area contributed by atoms with Gasteiger partial charge in [-0.15, -0.1) is 0 Å². The Labute approximate surface area is 132 Å². The number of carbonyl (C=O) groups excluding carboxylic acids is 1. The summed E-state index contributed by atoms with van der Waals surface area (Å²) in [5, 5.41) is 0.647. The Kier molecular flexibility index (Phi) is 5.83. The Bertz CT molecular complexity index is 467. The molecule has 116 valence electrons. The van der Waals surface area contributed by atoms with E-state index in [-0.39, 0.29) is 18.5 Å². The molecule has 0 bridgehead atoms. The molecule has 1 saturated carbocycles. The van der Waals surface area contributed by atoms with Gasteiger partial charge in [0.1, 0.15) is 6.61 Å². The molecule has 1 fully saturated rings. The molecule has 3 heteroatoms. The molecule has 0 aromatic heterocycles. The van der Waals surface area contributed by atoms with Crippen LogP contribution < -0.4 is 0 Å². The summed E-state index contributed by atoms with van der Waals surface area (Å²) in [5.41, 5.74) is 0.671. The van der Waals surface area contributed by atoms with Gasteiger partial charge in [-0.25, -0.2) is 0 Å². The zero-order valence-corrected chi connectivity index (χ0v) is 13.9. The van der Waals surface area contributed by atoms with Crippen LogP contribution >= 0.6 is 11.6 Å². The molecule has 0 spiro atoms. The number of hydrogen-bond acceptors (Lipinski definition) is 2. The maximum absolute atomic E-state index is 12.2. The second-order valence-electron chi connectivity index (χ2n) is 6.61. The van der Waals surface area contributed by atoms with Crippen LogP contribution in [0.2, 0.25) is 5.02 Å². The van der Waals surface area contributed by atoms with Gasteiger partial charge >= 0.3 is 0 Å². The molecule has 3 unspecified atom stereocenters. The molecule has 0 heterocycles. The van der Waals surface area contributed by atoms with Crippen molar-refractivity contribution in [3.8, 4) is 0 Å². The molecular weight excluding hydrogens is 284 g/mol. The maximum atomic E-state index is 12.2. The van der Waals surface area contributed by atoms with E-state index in [1.54, 1.807) is 24.3 Å². The van der Waals surface area contributed by atoms with Crippen LogP contribution in [0.15, 0.2) is 24.3 Å². The van der Waals surface area contributed by atoms with Crippen molar-refractivity contribution in [2.24, 2.45) is 17.8 Å². The smallest absolute Gasteiger partial charge is 0.188 e. The molecule has 1 aromatic rings. The normalized spacial score (nSPS) is 26.0. The maximum Gasteiger partial charge on any atom is 0.188 e. The number of Topliss-reactive ketones (excluding diaryl/α,β-unsaturated/α-hetero) is 1. The lowest BCUT2D eigenvalue weighted by Crippen LogP contribution is -2.35. The number of halogens is 1. The summed E-state index contributed by atoms with van der Waals surface area (Å²) in [4.78, 5) is 12.2. The van der Waals surface area contributed by atoms with Crippen LogP contribution in [0.25, 0.3) is 0 Å². The molecule has 0 saturated heterocycles. The van der Waals surface area contributed by atoms with Crippen LogP contribution in [-0.4, -0.2) is 18.5 Å². The van der Waals surface area contributed by atoms with Gasteiger partial charge in [-0.05, 0) is 54.9 Å². The van der Waals surface area contributed by atoms with Crippen molar-refractivity contribution in [3.05, 3.63) is 34.9 Å². The topological polar surface area (TPSA) is 26.3 Å². The molecule has 0 aliphatic heterocycles. The zero-order valence-electron chi connectivity index (χ0n) is 13.1. The van der Waals surface area contributed by atoms with E-state index in [2.05, 4.69) is 20.8 Å². The molecule has 3 atom stereocenters. The highest BCUT2D eigenvalue weighted by molar-refractivity contribution is 6.30. The number of ether oxygens (including phenoxy) is 1. The third-order valence-corrected chi connectivity index (χ3v) is 4.81. The zero-order chi connectivity index (χ0) is 15.4. The van der Waals surface area contributed by atoms with Gasteiger partial charge in [-0.1, -0.05) is 38.8 Å². The van der Waals surface area contributed by atoms with E-state index in [1.165, 1.54) is 12.8 Å². The second-order valence-corrected chi connectivity index (χ2v) is 7.04. The number of benzene rings is 1.